The number of nitrogens with one attached hydrogen (secondary N) is 1. The smallest absolute Gasteiger partial charge is 0.354 e. The van der Waals surface area contributed by atoms with Gasteiger partial charge < -0.3 is 14.5 Å². The molecule has 0 amide bonds. The number of H-pyrrole nitrogens is 1. The quantitative estimate of drug-likeness (QED) is 0.823. The van der Waals surface area contributed by atoms with E-state index in [9.17, 15) is 4.79 Å². The highest BCUT2D eigenvalue weighted by atomic mass is 16.5. The first-order valence-electron chi connectivity index (χ1n) is 8.69. The van der Waals surface area contributed by atoms with Gasteiger partial charge in [-0.15, -0.1) is 0 Å². The lowest BCUT2D eigenvalue weighted by molar-refractivity contribution is -0.161. The molecule has 1 saturated heterocycles. The normalized spacial score (nSPS) is 20.2. The first-order valence-corrected chi connectivity index (χ1v) is 8.69. The molecule has 0 spiro atoms. The standard InChI is InChI=1S/C20H27NO3/c1-6-23-18(22)17-10-14-9-13(7-8-16(14)21-17)15-11-19(2,3)24-20(4,5)12-15/h7-10,15,21H,6,11-12H2,1-5H3. The Hall–Kier alpha value is -1.81. The van der Waals surface area contributed by atoms with E-state index in [0.29, 0.717) is 18.2 Å². The largest absolute Gasteiger partial charge is 0.461 e. The van der Waals surface area contributed by atoms with Crippen LogP contribution >= 0.6 is 0 Å². The van der Waals surface area contributed by atoms with Crippen molar-refractivity contribution in [3.05, 3.63) is 35.5 Å². The zero-order valence-corrected chi connectivity index (χ0v) is 15.2. The van der Waals surface area contributed by atoms with Crippen LogP contribution in [0.2, 0.25) is 0 Å². The molecule has 0 saturated carbocycles. The molecule has 1 aromatic carbocycles. The van der Waals surface area contributed by atoms with Crippen LogP contribution in [0.15, 0.2) is 24.3 Å². The molecule has 2 aromatic rings. The number of hydrogen-bond acceptors (Lipinski definition) is 3. The van der Waals surface area contributed by atoms with Crippen molar-refractivity contribution in [2.45, 2.75) is 64.6 Å². The summed E-state index contributed by atoms with van der Waals surface area (Å²) in [5.41, 5.74) is 2.52. The number of aromatic nitrogens is 1. The Bertz CT molecular complexity index is 741. The minimum atomic E-state index is -0.302. The fourth-order valence-corrected chi connectivity index (χ4v) is 4.05. The Kier molecular flexibility index (Phi) is 4.20. The number of benzene rings is 1. The zero-order valence-electron chi connectivity index (χ0n) is 15.2. The summed E-state index contributed by atoms with van der Waals surface area (Å²) >= 11 is 0. The second-order valence-electron chi connectivity index (χ2n) is 7.98. The van der Waals surface area contributed by atoms with Gasteiger partial charge in [0.05, 0.1) is 17.8 Å². The predicted molar refractivity (Wildman–Crippen MR) is 95.5 cm³/mol. The van der Waals surface area contributed by atoms with E-state index in [0.717, 1.165) is 23.7 Å². The van der Waals surface area contributed by atoms with Crippen molar-refractivity contribution in [3.8, 4) is 0 Å². The first-order chi connectivity index (χ1) is 11.2. The van der Waals surface area contributed by atoms with Crippen molar-refractivity contribution < 1.29 is 14.3 Å². The van der Waals surface area contributed by atoms with Gasteiger partial charge in [0, 0.05) is 10.9 Å². The molecule has 130 valence electrons. The van der Waals surface area contributed by atoms with E-state index in [2.05, 4.69) is 50.9 Å². The maximum Gasteiger partial charge on any atom is 0.354 e. The minimum absolute atomic E-state index is 0.129. The molecule has 1 fully saturated rings. The summed E-state index contributed by atoms with van der Waals surface area (Å²) in [6.45, 7) is 10.8. The van der Waals surface area contributed by atoms with Crippen LogP contribution in [-0.4, -0.2) is 28.8 Å². The van der Waals surface area contributed by atoms with E-state index < -0.39 is 0 Å². The Morgan fingerprint density at radius 1 is 1.21 bits per heavy atom. The second-order valence-corrected chi connectivity index (χ2v) is 7.98. The molecule has 2 heterocycles. The fourth-order valence-electron chi connectivity index (χ4n) is 4.05. The van der Waals surface area contributed by atoms with Crippen molar-refractivity contribution >= 4 is 16.9 Å². The van der Waals surface area contributed by atoms with E-state index in [-0.39, 0.29) is 17.2 Å². The molecule has 24 heavy (non-hydrogen) atoms. The molecule has 4 heteroatoms. The van der Waals surface area contributed by atoms with Gasteiger partial charge in [-0.05, 0) is 77.1 Å². The van der Waals surface area contributed by atoms with Crippen LogP contribution in [-0.2, 0) is 9.47 Å². The monoisotopic (exact) mass is 329 g/mol. The van der Waals surface area contributed by atoms with Crippen LogP contribution in [0.5, 0.6) is 0 Å². The van der Waals surface area contributed by atoms with E-state index in [4.69, 9.17) is 9.47 Å². The maximum absolute atomic E-state index is 11.9. The lowest BCUT2D eigenvalue weighted by Gasteiger charge is -2.45. The van der Waals surface area contributed by atoms with Crippen molar-refractivity contribution in [2.75, 3.05) is 6.61 Å². The molecule has 1 N–H and O–H groups in total. The number of hydrogen-bond donors (Lipinski definition) is 1. The Labute approximate surface area is 143 Å². The number of ether oxygens (including phenoxy) is 2. The summed E-state index contributed by atoms with van der Waals surface area (Å²) in [5, 5.41) is 1.05. The third-order valence-electron chi connectivity index (χ3n) is 4.64. The third-order valence-corrected chi connectivity index (χ3v) is 4.64. The van der Waals surface area contributed by atoms with Gasteiger partial charge in [0.25, 0.3) is 0 Å². The first kappa shape index (κ1) is 17.0. The average molecular weight is 329 g/mol. The summed E-state index contributed by atoms with van der Waals surface area (Å²) in [6.07, 6.45) is 1.99. The third kappa shape index (κ3) is 3.48. The van der Waals surface area contributed by atoms with Crippen LogP contribution in [0.3, 0.4) is 0 Å². The highest BCUT2D eigenvalue weighted by Crippen LogP contribution is 2.43. The molecule has 1 aliphatic heterocycles. The molecular weight excluding hydrogens is 302 g/mol. The predicted octanol–water partition coefficient (Wildman–Crippen LogP) is 4.80. The Balaban J connectivity index is 1.91. The van der Waals surface area contributed by atoms with Crippen molar-refractivity contribution in [2.24, 2.45) is 0 Å². The topological polar surface area (TPSA) is 51.3 Å². The lowest BCUT2D eigenvalue weighted by Crippen LogP contribution is -2.44. The maximum atomic E-state index is 11.9. The fraction of sp³-hybridized carbons (Fsp3) is 0.550. The van der Waals surface area contributed by atoms with Crippen molar-refractivity contribution in [1.29, 1.82) is 0 Å². The summed E-state index contributed by atoms with van der Waals surface area (Å²) in [5.74, 6) is 0.151. The van der Waals surface area contributed by atoms with Crippen LogP contribution in [0, 0.1) is 0 Å². The summed E-state index contributed by atoms with van der Waals surface area (Å²) in [6, 6.07) is 8.29. The van der Waals surface area contributed by atoms with Crippen LogP contribution in [0.25, 0.3) is 10.9 Å². The molecule has 0 bridgehead atoms. The van der Waals surface area contributed by atoms with Crippen LogP contribution < -0.4 is 0 Å². The number of esters is 1. The molecule has 4 nitrogen and oxygen atoms in total. The van der Waals surface area contributed by atoms with E-state index in [1.807, 2.05) is 13.0 Å². The molecular formula is C20H27NO3. The SMILES string of the molecule is CCOC(=O)c1cc2cc(C3CC(C)(C)OC(C)(C)C3)ccc2[nH]1. The zero-order chi connectivity index (χ0) is 17.5. The molecule has 0 radical (unpaired) electrons. The molecule has 3 rings (SSSR count). The van der Waals surface area contributed by atoms with Crippen molar-refractivity contribution in [1.82, 2.24) is 4.98 Å². The van der Waals surface area contributed by atoms with Crippen LogP contribution in [0.1, 0.15) is 69.4 Å². The van der Waals surface area contributed by atoms with Gasteiger partial charge in [0.2, 0.25) is 0 Å². The molecule has 1 aromatic heterocycles. The summed E-state index contributed by atoms with van der Waals surface area (Å²) in [7, 11) is 0. The van der Waals surface area contributed by atoms with Crippen LogP contribution in [0.4, 0.5) is 0 Å². The van der Waals surface area contributed by atoms with Gasteiger partial charge in [-0.25, -0.2) is 4.79 Å². The number of rotatable bonds is 3. The summed E-state index contributed by atoms with van der Waals surface area (Å²) in [4.78, 5) is 15.0. The highest BCUT2D eigenvalue weighted by molar-refractivity contribution is 5.95. The Morgan fingerprint density at radius 2 is 1.88 bits per heavy atom. The second kappa shape index (κ2) is 5.92. The number of aromatic amines is 1. The highest BCUT2D eigenvalue weighted by Gasteiger charge is 2.39. The van der Waals surface area contributed by atoms with Gasteiger partial charge in [-0.3, -0.25) is 0 Å². The van der Waals surface area contributed by atoms with E-state index in [1.165, 1.54) is 5.56 Å². The number of carbonyl (C=O) groups excluding carboxylic acids is 1. The molecule has 0 aliphatic carbocycles. The minimum Gasteiger partial charge on any atom is -0.461 e. The molecule has 1 aliphatic rings. The molecule has 0 unspecified atom stereocenters. The van der Waals surface area contributed by atoms with Crippen molar-refractivity contribution in [3.63, 3.8) is 0 Å². The van der Waals surface area contributed by atoms with Gasteiger partial charge >= 0.3 is 5.97 Å². The lowest BCUT2D eigenvalue weighted by atomic mass is 9.77. The van der Waals surface area contributed by atoms with Gasteiger partial charge in [-0.1, -0.05) is 6.07 Å². The van der Waals surface area contributed by atoms with E-state index in [1.54, 1.807) is 0 Å². The Morgan fingerprint density at radius 3 is 2.50 bits per heavy atom. The van der Waals surface area contributed by atoms with Gasteiger partial charge in [0.15, 0.2) is 0 Å². The number of fused-ring (bicyclic) bond motifs is 1. The molecule has 0 atom stereocenters. The van der Waals surface area contributed by atoms with Gasteiger partial charge in [-0.2, -0.15) is 0 Å². The van der Waals surface area contributed by atoms with E-state index >= 15 is 0 Å². The average Bonchev–Trinajstić information content (AvgIpc) is 2.87. The van der Waals surface area contributed by atoms with Gasteiger partial charge in [0.1, 0.15) is 5.69 Å². The number of carbonyl (C=O) groups is 1. The summed E-state index contributed by atoms with van der Waals surface area (Å²) < 4.78 is 11.3.